The number of carbonyl (C=O) groups excluding carboxylic acids is 1. The second-order valence-electron chi connectivity index (χ2n) is 5.39. The third-order valence-electron chi connectivity index (χ3n) is 4.21. The number of anilines is 1. The maximum atomic E-state index is 12.6. The Balaban J connectivity index is 1.98. The van der Waals surface area contributed by atoms with Crippen molar-refractivity contribution in [1.82, 2.24) is 0 Å². The summed E-state index contributed by atoms with van der Waals surface area (Å²) in [6, 6.07) is 13.6. The van der Waals surface area contributed by atoms with E-state index in [0.717, 1.165) is 28.3 Å². The van der Waals surface area contributed by atoms with Crippen molar-refractivity contribution < 1.29 is 14.3 Å². The Bertz CT molecular complexity index is 711. The number of amides is 1. The lowest BCUT2D eigenvalue weighted by Gasteiger charge is -2.14. The van der Waals surface area contributed by atoms with Crippen LogP contribution in [-0.2, 0) is 11.2 Å². The number of fused-ring (bicyclic) bond motifs is 1. The SMILES string of the molecule is COc1ccc(OC)c(C[C@H]2C(=O)N(C)c3ccccc32)c1. The first kappa shape index (κ1) is 14.4. The van der Waals surface area contributed by atoms with E-state index < -0.39 is 0 Å². The van der Waals surface area contributed by atoms with Gasteiger partial charge in [-0.15, -0.1) is 0 Å². The van der Waals surface area contributed by atoms with Crippen molar-refractivity contribution in [1.29, 1.82) is 0 Å². The molecule has 0 bridgehead atoms. The third-order valence-corrected chi connectivity index (χ3v) is 4.21. The number of ether oxygens (including phenoxy) is 2. The lowest BCUT2D eigenvalue weighted by molar-refractivity contribution is -0.119. The van der Waals surface area contributed by atoms with Gasteiger partial charge in [0.1, 0.15) is 11.5 Å². The number of methoxy groups -OCH3 is 2. The van der Waals surface area contributed by atoms with Gasteiger partial charge in [0.05, 0.1) is 20.1 Å². The summed E-state index contributed by atoms with van der Waals surface area (Å²) < 4.78 is 10.7. The molecular weight excluding hydrogens is 278 g/mol. The zero-order valence-corrected chi connectivity index (χ0v) is 13.0. The van der Waals surface area contributed by atoms with E-state index in [1.54, 1.807) is 19.1 Å². The highest BCUT2D eigenvalue weighted by Gasteiger charge is 2.35. The molecule has 1 aliphatic rings. The van der Waals surface area contributed by atoms with Crippen LogP contribution < -0.4 is 14.4 Å². The predicted molar refractivity (Wildman–Crippen MR) is 85.8 cm³/mol. The van der Waals surface area contributed by atoms with Gasteiger partial charge in [-0.2, -0.15) is 0 Å². The van der Waals surface area contributed by atoms with Gasteiger partial charge in [0, 0.05) is 12.7 Å². The minimum atomic E-state index is -0.179. The zero-order chi connectivity index (χ0) is 15.7. The molecule has 22 heavy (non-hydrogen) atoms. The van der Waals surface area contributed by atoms with Crippen LogP contribution in [0, 0.1) is 0 Å². The van der Waals surface area contributed by atoms with Gasteiger partial charge in [0.2, 0.25) is 5.91 Å². The zero-order valence-electron chi connectivity index (χ0n) is 13.0. The number of benzene rings is 2. The highest BCUT2D eigenvalue weighted by atomic mass is 16.5. The molecule has 4 nitrogen and oxygen atoms in total. The van der Waals surface area contributed by atoms with Crippen molar-refractivity contribution in [2.24, 2.45) is 0 Å². The van der Waals surface area contributed by atoms with Crippen molar-refractivity contribution in [3.8, 4) is 11.5 Å². The second-order valence-corrected chi connectivity index (χ2v) is 5.39. The normalized spacial score (nSPS) is 16.6. The molecule has 114 valence electrons. The van der Waals surface area contributed by atoms with Crippen LogP contribution in [0.4, 0.5) is 5.69 Å². The fraction of sp³-hybridized carbons (Fsp3) is 0.278. The summed E-state index contributed by atoms with van der Waals surface area (Å²) in [5, 5.41) is 0. The average molecular weight is 297 g/mol. The fourth-order valence-electron chi connectivity index (χ4n) is 3.03. The number of hydrogen-bond acceptors (Lipinski definition) is 3. The summed E-state index contributed by atoms with van der Waals surface area (Å²) in [7, 11) is 5.10. The van der Waals surface area contributed by atoms with Crippen LogP contribution in [-0.4, -0.2) is 27.2 Å². The monoisotopic (exact) mass is 297 g/mol. The average Bonchev–Trinajstić information content (AvgIpc) is 2.80. The van der Waals surface area contributed by atoms with Crippen LogP contribution in [0.25, 0.3) is 0 Å². The molecule has 0 unspecified atom stereocenters. The number of rotatable bonds is 4. The van der Waals surface area contributed by atoms with E-state index in [1.807, 2.05) is 49.5 Å². The van der Waals surface area contributed by atoms with Gasteiger partial charge in [0.25, 0.3) is 0 Å². The largest absolute Gasteiger partial charge is 0.497 e. The van der Waals surface area contributed by atoms with Crippen molar-refractivity contribution >= 4 is 11.6 Å². The molecule has 0 aromatic heterocycles. The molecule has 0 N–H and O–H groups in total. The highest BCUT2D eigenvalue weighted by Crippen LogP contribution is 2.39. The predicted octanol–water partition coefficient (Wildman–Crippen LogP) is 3.01. The topological polar surface area (TPSA) is 38.8 Å². The molecule has 3 rings (SSSR count). The summed E-state index contributed by atoms with van der Waals surface area (Å²) in [6.07, 6.45) is 0.598. The molecule has 0 spiro atoms. The lowest BCUT2D eigenvalue weighted by atomic mass is 9.92. The summed E-state index contributed by atoms with van der Waals surface area (Å²) in [5.74, 6) is 1.48. The molecule has 2 aromatic carbocycles. The molecule has 1 amide bonds. The molecule has 0 aliphatic carbocycles. The minimum absolute atomic E-state index is 0.117. The van der Waals surface area contributed by atoms with E-state index in [-0.39, 0.29) is 11.8 Å². The lowest BCUT2D eigenvalue weighted by Crippen LogP contribution is -2.25. The van der Waals surface area contributed by atoms with Crippen molar-refractivity contribution in [3.63, 3.8) is 0 Å². The number of nitrogens with zero attached hydrogens (tertiary/aromatic N) is 1. The summed E-state index contributed by atoms with van der Waals surface area (Å²) >= 11 is 0. The molecule has 0 saturated heterocycles. The van der Waals surface area contributed by atoms with Crippen molar-refractivity contribution in [2.75, 3.05) is 26.2 Å². The smallest absolute Gasteiger partial charge is 0.234 e. The van der Waals surface area contributed by atoms with Crippen molar-refractivity contribution in [3.05, 3.63) is 53.6 Å². The molecular formula is C18H19NO3. The Hall–Kier alpha value is -2.49. The molecule has 1 atom stereocenters. The Morgan fingerprint density at radius 2 is 1.86 bits per heavy atom. The van der Waals surface area contributed by atoms with E-state index in [2.05, 4.69) is 0 Å². The van der Waals surface area contributed by atoms with E-state index in [1.165, 1.54) is 0 Å². The number of para-hydroxylation sites is 1. The van der Waals surface area contributed by atoms with E-state index in [4.69, 9.17) is 9.47 Å². The molecule has 0 saturated carbocycles. The quantitative estimate of drug-likeness (QED) is 0.871. The van der Waals surface area contributed by atoms with E-state index >= 15 is 0 Å². The summed E-state index contributed by atoms with van der Waals surface area (Å²) in [4.78, 5) is 14.3. The Morgan fingerprint density at radius 1 is 1.09 bits per heavy atom. The van der Waals surface area contributed by atoms with Crippen LogP contribution in [0.15, 0.2) is 42.5 Å². The Kier molecular flexibility index (Phi) is 3.75. The maximum Gasteiger partial charge on any atom is 0.234 e. The number of hydrogen-bond donors (Lipinski definition) is 0. The van der Waals surface area contributed by atoms with Gasteiger partial charge < -0.3 is 14.4 Å². The Labute approximate surface area is 130 Å². The number of carbonyl (C=O) groups is 1. The fourth-order valence-corrected chi connectivity index (χ4v) is 3.03. The van der Waals surface area contributed by atoms with E-state index in [9.17, 15) is 4.79 Å². The van der Waals surface area contributed by atoms with Crippen LogP contribution >= 0.6 is 0 Å². The van der Waals surface area contributed by atoms with Crippen LogP contribution in [0.1, 0.15) is 17.0 Å². The van der Waals surface area contributed by atoms with Gasteiger partial charge in [0.15, 0.2) is 0 Å². The number of likely N-dealkylation sites (N-methyl/N-ethyl adjacent to an activating group) is 1. The first-order valence-electron chi connectivity index (χ1n) is 7.23. The van der Waals surface area contributed by atoms with Crippen LogP contribution in [0.5, 0.6) is 11.5 Å². The molecule has 1 heterocycles. The van der Waals surface area contributed by atoms with Crippen LogP contribution in [0.3, 0.4) is 0 Å². The van der Waals surface area contributed by atoms with Gasteiger partial charge >= 0.3 is 0 Å². The third kappa shape index (κ3) is 2.30. The minimum Gasteiger partial charge on any atom is -0.497 e. The van der Waals surface area contributed by atoms with Gasteiger partial charge in [-0.25, -0.2) is 0 Å². The summed E-state index contributed by atoms with van der Waals surface area (Å²) in [5.41, 5.74) is 3.03. The van der Waals surface area contributed by atoms with Gasteiger partial charge in [-0.05, 0) is 41.8 Å². The first-order chi connectivity index (χ1) is 10.7. The maximum absolute atomic E-state index is 12.6. The standard InChI is InChI=1S/C18H19NO3/c1-19-16-7-5-4-6-14(16)15(18(19)20)11-12-10-13(21-2)8-9-17(12)22-3/h4-10,15H,11H2,1-3H3/t15-/m1/s1. The second kappa shape index (κ2) is 5.72. The van der Waals surface area contributed by atoms with Gasteiger partial charge in [-0.1, -0.05) is 18.2 Å². The molecule has 4 heteroatoms. The molecule has 1 aliphatic heterocycles. The summed E-state index contributed by atoms with van der Waals surface area (Å²) in [6.45, 7) is 0. The Morgan fingerprint density at radius 3 is 2.59 bits per heavy atom. The van der Waals surface area contributed by atoms with Crippen molar-refractivity contribution in [2.45, 2.75) is 12.3 Å². The molecule has 2 aromatic rings. The van der Waals surface area contributed by atoms with Crippen LogP contribution in [0.2, 0.25) is 0 Å². The van der Waals surface area contributed by atoms with E-state index in [0.29, 0.717) is 6.42 Å². The first-order valence-corrected chi connectivity index (χ1v) is 7.23. The molecule has 0 fully saturated rings. The molecule has 0 radical (unpaired) electrons. The van der Waals surface area contributed by atoms with Gasteiger partial charge in [-0.3, -0.25) is 4.79 Å². The highest BCUT2D eigenvalue weighted by molar-refractivity contribution is 6.04.